The van der Waals surface area contributed by atoms with Crippen LogP contribution >= 0.6 is 36.2 Å². The molecule has 0 radical (unpaired) electrons. The number of hydrogen-bond donors (Lipinski definition) is 2. The zero-order valence-corrected chi connectivity index (χ0v) is 13.8. The van der Waals surface area contributed by atoms with Gasteiger partial charge in [0.05, 0.1) is 0 Å². The lowest BCUT2D eigenvalue weighted by molar-refractivity contribution is 0.155. The Kier molecular flexibility index (Phi) is 9.74. The van der Waals surface area contributed by atoms with Gasteiger partial charge >= 0.3 is 0 Å². The Bertz CT molecular complexity index is 342. The van der Waals surface area contributed by atoms with E-state index in [0.29, 0.717) is 5.13 Å². The number of nitrogens with one attached hydrogen (secondary N) is 1. The molecule has 1 fully saturated rings. The summed E-state index contributed by atoms with van der Waals surface area (Å²) in [5.74, 6) is 0. The maximum Gasteiger partial charge on any atom is 0.180 e. The largest absolute Gasteiger partial charge is 0.375 e. The number of thiazole rings is 1. The van der Waals surface area contributed by atoms with E-state index in [9.17, 15) is 0 Å². The number of piperidine rings is 1. The van der Waals surface area contributed by atoms with Crippen LogP contribution in [-0.4, -0.2) is 35.6 Å². The smallest absolute Gasteiger partial charge is 0.180 e. The van der Waals surface area contributed by atoms with Crippen molar-refractivity contribution < 1.29 is 0 Å². The molecule has 2 heterocycles. The maximum absolute atomic E-state index is 5.69. The van der Waals surface area contributed by atoms with E-state index in [1.165, 1.54) is 30.7 Å². The minimum Gasteiger partial charge on any atom is -0.375 e. The summed E-state index contributed by atoms with van der Waals surface area (Å²) in [7, 11) is 0. The number of hydrogen-bond acceptors (Lipinski definition) is 5. The van der Waals surface area contributed by atoms with Gasteiger partial charge < -0.3 is 11.1 Å². The fourth-order valence-electron chi connectivity index (χ4n) is 2.45. The van der Waals surface area contributed by atoms with Crippen LogP contribution in [0.1, 0.15) is 31.1 Å². The predicted octanol–water partition coefficient (Wildman–Crippen LogP) is 2.53. The molecule has 0 aromatic carbocycles. The molecule has 0 atom stereocenters. The average Bonchev–Trinajstić information content (AvgIpc) is 2.75. The molecule has 19 heavy (non-hydrogen) atoms. The highest BCUT2D eigenvalue weighted by Crippen LogP contribution is 2.20. The summed E-state index contributed by atoms with van der Waals surface area (Å²) in [5.41, 5.74) is 5.69. The number of aromatic nitrogens is 1. The van der Waals surface area contributed by atoms with Gasteiger partial charge in [-0.2, -0.15) is 0 Å². The standard InChI is InChI=1S/C12H22N4S.2ClH/c1-2-7-16(10-3-5-14-6-4-10)9-11-8-15-12(13)17-11;;/h8,10,14H,2-7,9H2,1H3,(H2,13,15);2*1H. The van der Waals surface area contributed by atoms with E-state index in [1.807, 2.05) is 6.20 Å². The molecule has 1 saturated heterocycles. The number of nitrogen functional groups attached to an aromatic ring is 1. The van der Waals surface area contributed by atoms with E-state index >= 15 is 0 Å². The molecule has 4 nitrogen and oxygen atoms in total. The van der Waals surface area contributed by atoms with Gasteiger partial charge in [0.15, 0.2) is 5.13 Å². The van der Waals surface area contributed by atoms with Crippen LogP contribution in [0.5, 0.6) is 0 Å². The Morgan fingerprint density at radius 3 is 2.63 bits per heavy atom. The molecule has 0 amide bonds. The van der Waals surface area contributed by atoms with Crippen molar-refractivity contribution in [3.8, 4) is 0 Å². The van der Waals surface area contributed by atoms with Crippen LogP contribution in [0.3, 0.4) is 0 Å². The average molecular weight is 327 g/mol. The first-order valence-corrected chi connectivity index (χ1v) is 7.26. The van der Waals surface area contributed by atoms with Gasteiger partial charge in [0, 0.05) is 23.7 Å². The summed E-state index contributed by atoms with van der Waals surface area (Å²) in [5, 5.41) is 4.11. The minimum atomic E-state index is 0. The molecule has 112 valence electrons. The molecular weight excluding hydrogens is 303 g/mol. The summed E-state index contributed by atoms with van der Waals surface area (Å²) in [6, 6.07) is 0.722. The highest BCUT2D eigenvalue weighted by atomic mass is 35.5. The van der Waals surface area contributed by atoms with Crippen LogP contribution in [0.25, 0.3) is 0 Å². The monoisotopic (exact) mass is 326 g/mol. The molecule has 0 bridgehead atoms. The number of anilines is 1. The Labute approximate surface area is 132 Å². The van der Waals surface area contributed by atoms with Crippen molar-refractivity contribution in [3.05, 3.63) is 11.1 Å². The molecule has 0 spiro atoms. The lowest BCUT2D eigenvalue weighted by atomic mass is 10.0. The minimum absolute atomic E-state index is 0. The molecule has 1 aliphatic heterocycles. The number of nitrogens with two attached hydrogens (primary N) is 1. The van der Waals surface area contributed by atoms with Crippen molar-refractivity contribution in [1.82, 2.24) is 15.2 Å². The van der Waals surface area contributed by atoms with Crippen molar-refractivity contribution in [2.75, 3.05) is 25.4 Å². The first kappa shape index (κ1) is 18.9. The number of halogens is 2. The molecule has 1 aliphatic rings. The second kappa shape index (κ2) is 9.77. The van der Waals surface area contributed by atoms with Crippen LogP contribution in [0, 0.1) is 0 Å². The van der Waals surface area contributed by atoms with Gasteiger partial charge in [0.1, 0.15) is 0 Å². The SMILES string of the molecule is CCCN(Cc1cnc(N)s1)C1CCNCC1.Cl.Cl. The van der Waals surface area contributed by atoms with Crippen LogP contribution in [0.2, 0.25) is 0 Å². The summed E-state index contributed by atoms with van der Waals surface area (Å²) in [4.78, 5) is 8.01. The van der Waals surface area contributed by atoms with Crippen molar-refractivity contribution in [1.29, 1.82) is 0 Å². The van der Waals surface area contributed by atoms with Crippen molar-refractivity contribution >= 4 is 41.3 Å². The van der Waals surface area contributed by atoms with Crippen LogP contribution in [0.15, 0.2) is 6.20 Å². The second-order valence-corrected chi connectivity index (χ2v) is 5.76. The van der Waals surface area contributed by atoms with E-state index in [1.54, 1.807) is 11.3 Å². The molecule has 1 aromatic heterocycles. The number of nitrogens with zero attached hydrogens (tertiary/aromatic N) is 2. The van der Waals surface area contributed by atoms with Gasteiger partial charge in [-0.25, -0.2) is 4.98 Å². The normalized spacial score (nSPS) is 15.9. The Morgan fingerprint density at radius 1 is 1.42 bits per heavy atom. The van der Waals surface area contributed by atoms with Crippen molar-refractivity contribution in [3.63, 3.8) is 0 Å². The highest BCUT2D eigenvalue weighted by Gasteiger charge is 2.20. The zero-order chi connectivity index (χ0) is 12.1. The molecule has 0 saturated carbocycles. The van der Waals surface area contributed by atoms with Crippen LogP contribution in [-0.2, 0) is 6.54 Å². The molecule has 0 aliphatic carbocycles. The second-order valence-electron chi connectivity index (χ2n) is 4.62. The molecule has 2 rings (SSSR count). The van der Waals surface area contributed by atoms with E-state index in [-0.39, 0.29) is 24.8 Å². The fourth-order valence-corrected chi connectivity index (χ4v) is 3.16. The van der Waals surface area contributed by atoms with Crippen LogP contribution < -0.4 is 11.1 Å². The third-order valence-electron chi connectivity index (χ3n) is 3.27. The van der Waals surface area contributed by atoms with Gasteiger partial charge in [-0.3, -0.25) is 4.90 Å². The summed E-state index contributed by atoms with van der Waals surface area (Å²) in [6.07, 6.45) is 5.64. The first-order valence-electron chi connectivity index (χ1n) is 6.44. The van der Waals surface area contributed by atoms with Crippen molar-refractivity contribution in [2.45, 2.75) is 38.8 Å². The van der Waals surface area contributed by atoms with E-state index in [4.69, 9.17) is 5.73 Å². The van der Waals surface area contributed by atoms with Gasteiger partial charge in [-0.15, -0.1) is 36.2 Å². The molecule has 7 heteroatoms. The molecular formula is C12H24Cl2N4S. The van der Waals surface area contributed by atoms with Gasteiger partial charge in [-0.05, 0) is 38.9 Å². The molecule has 3 N–H and O–H groups in total. The lowest BCUT2D eigenvalue weighted by Crippen LogP contribution is -2.42. The summed E-state index contributed by atoms with van der Waals surface area (Å²) < 4.78 is 0. The Balaban J connectivity index is 0.00000162. The Morgan fingerprint density at radius 2 is 2.11 bits per heavy atom. The summed E-state index contributed by atoms with van der Waals surface area (Å²) >= 11 is 1.62. The van der Waals surface area contributed by atoms with E-state index in [2.05, 4.69) is 22.1 Å². The van der Waals surface area contributed by atoms with Crippen LogP contribution in [0.4, 0.5) is 5.13 Å². The Hall–Kier alpha value is -0.0700. The van der Waals surface area contributed by atoms with E-state index < -0.39 is 0 Å². The molecule has 0 unspecified atom stereocenters. The number of rotatable bonds is 5. The maximum atomic E-state index is 5.69. The first-order chi connectivity index (χ1) is 8.29. The summed E-state index contributed by atoms with van der Waals surface area (Å²) in [6.45, 7) is 6.72. The third kappa shape index (κ3) is 5.83. The molecule has 1 aromatic rings. The lowest BCUT2D eigenvalue weighted by Gasteiger charge is -2.34. The van der Waals surface area contributed by atoms with Crippen molar-refractivity contribution in [2.24, 2.45) is 0 Å². The van der Waals surface area contributed by atoms with Gasteiger partial charge in [0.2, 0.25) is 0 Å². The third-order valence-corrected chi connectivity index (χ3v) is 4.08. The quantitative estimate of drug-likeness (QED) is 0.873. The highest BCUT2D eigenvalue weighted by molar-refractivity contribution is 7.15. The fraction of sp³-hybridized carbons (Fsp3) is 0.750. The van der Waals surface area contributed by atoms with Gasteiger partial charge in [0.25, 0.3) is 0 Å². The van der Waals surface area contributed by atoms with E-state index in [0.717, 1.165) is 25.7 Å². The topological polar surface area (TPSA) is 54.2 Å². The zero-order valence-electron chi connectivity index (χ0n) is 11.3. The predicted molar refractivity (Wildman–Crippen MR) is 87.6 cm³/mol. The van der Waals surface area contributed by atoms with Gasteiger partial charge in [-0.1, -0.05) is 6.92 Å².